The van der Waals surface area contributed by atoms with Gasteiger partial charge in [-0.25, -0.2) is 0 Å². The van der Waals surface area contributed by atoms with E-state index in [1.54, 1.807) is 12.1 Å². The van der Waals surface area contributed by atoms with Gasteiger partial charge in [0, 0.05) is 24.6 Å². The number of nitrogens with zero attached hydrogens (tertiary/aromatic N) is 1. The molecule has 1 N–H and O–H groups in total. The summed E-state index contributed by atoms with van der Waals surface area (Å²) in [5.41, 5.74) is 2.60. The van der Waals surface area contributed by atoms with Crippen LogP contribution in [-0.2, 0) is 6.42 Å². The summed E-state index contributed by atoms with van der Waals surface area (Å²) in [6.45, 7) is 0. The molecule has 1 aliphatic rings. The SMILES string of the molecule is CN[C@@H]1CCc2ccccc2[C@H](Oc2ccc([N+](=O)[O-])cc2)C1. The molecule has 0 aromatic heterocycles. The monoisotopic (exact) mass is 312 g/mol. The Morgan fingerprint density at radius 1 is 1.17 bits per heavy atom. The fourth-order valence-electron chi connectivity index (χ4n) is 3.09. The van der Waals surface area contributed by atoms with Gasteiger partial charge in [0.2, 0.25) is 0 Å². The van der Waals surface area contributed by atoms with Crippen molar-refractivity contribution in [2.75, 3.05) is 7.05 Å². The highest BCUT2D eigenvalue weighted by molar-refractivity contribution is 5.37. The van der Waals surface area contributed by atoms with Crippen LogP contribution in [0.1, 0.15) is 30.1 Å². The van der Waals surface area contributed by atoms with Crippen molar-refractivity contribution in [1.82, 2.24) is 5.32 Å². The highest BCUT2D eigenvalue weighted by Gasteiger charge is 2.25. The van der Waals surface area contributed by atoms with Crippen molar-refractivity contribution < 1.29 is 9.66 Å². The summed E-state index contributed by atoms with van der Waals surface area (Å²) >= 11 is 0. The molecular weight excluding hydrogens is 292 g/mol. The van der Waals surface area contributed by atoms with E-state index in [9.17, 15) is 10.1 Å². The van der Waals surface area contributed by atoms with Gasteiger partial charge in [0.25, 0.3) is 5.69 Å². The van der Waals surface area contributed by atoms with Crippen LogP contribution in [0.5, 0.6) is 5.75 Å². The second-order valence-corrected chi connectivity index (χ2v) is 5.82. The lowest BCUT2D eigenvalue weighted by atomic mass is 10.0. The van der Waals surface area contributed by atoms with E-state index in [1.807, 2.05) is 13.1 Å². The first-order valence-electron chi connectivity index (χ1n) is 7.83. The summed E-state index contributed by atoms with van der Waals surface area (Å²) in [5, 5.41) is 14.1. The van der Waals surface area contributed by atoms with Crippen LogP contribution in [0.15, 0.2) is 48.5 Å². The number of hydrogen-bond acceptors (Lipinski definition) is 4. The van der Waals surface area contributed by atoms with Crippen LogP contribution in [0.4, 0.5) is 5.69 Å². The number of nitrogens with one attached hydrogen (secondary N) is 1. The lowest BCUT2D eigenvalue weighted by molar-refractivity contribution is -0.384. The fourth-order valence-corrected chi connectivity index (χ4v) is 3.09. The topological polar surface area (TPSA) is 64.4 Å². The molecule has 0 heterocycles. The minimum Gasteiger partial charge on any atom is -0.486 e. The van der Waals surface area contributed by atoms with Gasteiger partial charge in [-0.05, 0) is 43.1 Å². The first kappa shape index (κ1) is 15.5. The van der Waals surface area contributed by atoms with E-state index in [2.05, 4.69) is 23.5 Å². The quantitative estimate of drug-likeness (QED) is 0.532. The fraction of sp³-hybridized carbons (Fsp3) is 0.333. The van der Waals surface area contributed by atoms with Gasteiger partial charge in [-0.3, -0.25) is 10.1 Å². The molecule has 0 bridgehead atoms. The molecule has 1 aliphatic carbocycles. The molecule has 5 nitrogen and oxygen atoms in total. The van der Waals surface area contributed by atoms with Gasteiger partial charge in [0.05, 0.1) is 4.92 Å². The molecule has 0 fully saturated rings. The van der Waals surface area contributed by atoms with Gasteiger partial charge in [-0.2, -0.15) is 0 Å². The van der Waals surface area contributed by atoms with E-state index in [0.717, 1.165) is 19.3 Å². The van der Waals surface area contributed by atoms with Crippen molar-refractivity contribution >= 4 is 5.69 Å². The Kier molecular flexibility index (Phi) is 4.57. The Hall–Kier alpha value is -2.40. The van der Waals surface area contributed by atoms with Crippen molar-refractivity contribution in [3.8, 4) is 5.75 Å². The van der Waals surface area contributed by atoms with Crippen molar-refractivity contribution in [2.45, 2.75) is 31.4 Å². The summed E-state index contributed by atoms with van der Waals surface area (Å²) in [6, 6.07) is 15.0. The maximum atomic E-state index is 10.7. The minimum absolute atomic E-state index is 0.0485. The van der Waals surface area contributed by atoms with Crippen LogP contribution in [0, 0.1) is 10.1 Å². The highest BCUT2D eigenvalue weighted by Crippen LogP contribution is 2.33. The molecule has 120 valence electrons. The molecule has 0 saturated heterocycles. The Morgan fingerprint density at radius 3 is 2.61 bits per heavy atom. The molecule has 0 amide bonds. The molecule has 2 aromatic carbocycles. The van der Waals surface area contributed by atoms with Gasteiger partial charge < -0.3 is 10.1 Å². The molecule has 2 atom stereocenters. The average molecular weight is 312 g/mol. The summed E-state index contributed by atoms with van der Waals surface area (Å²) in [6.07, 6.45) is 2.94. The number of aryl methyl sites for hydroxylation is 1. The third-order valence-corrected chi connectivity index (χ3v) is 4.40. The summed E-state index contributed by atoms with van der Waals surface area (Å²) in [7, 11) is 1.98. The van der Waals surface area contributed by atoms with Crippen LogP contribution >= 0.6 is 0 Å². The second-order valence-electron chi connectivity index (χ2n) is 5.82. The zero-order valence-electron chi connectivity index (χ0n) is 13.1. The average Bonchev–Trinajstić information content (AvgIpc) is 2.75. The van der Waals surface area contributed by atoms with E-state index in [1.165, 1.54) is 23.3 Å². The van der Waals surface area contributed by atoms with Crippen LogP contribution in [0.25, 0.3) is 0 Å². The Bertz CT molecular complexity index is 685. The first-order chi connectivity index (χ1) is 11.2. The molecule has 0 aliphatic heterocycles. The first-order valence-corrected chi connectivity index (χ1v) is 7.83. The van der Waals surface area contributed by atoms with Gasteiger partial charge in [-0.15, -0.1) is 0 Å². The van der Waals surface area contributed by atoms with E-state index in [0.29, 0.717) is 11.8 Å². The van der Waals surface area contributed by atoms with Crippen molar-refractivity contribution in [3.63, 3.8) is 0 Å². The maximum absolute atomic E-state index is 10.7. The molecule has 0 spiro atoms. The number of benzene rings is 2. The molecule has 0 saturated carbocycles. The Balaban J connectivity index is 1.85. The standard InChI is InChI=1S/C18H20N2O3/c1-19-14-7-6-13-4-2-3-5-17(13)18(12-14)23-16-10-8-15(9-11-16)20(21)22/h2-5,8-11,14,18-19H,6-7,12H2,1H3/t14-,18-/m1/s1. The summed E-state index contributed by atoms with van der Waals surface area (Å²) < 4.78 is 6.17. The van der Waals surface area contributed by atoms with Gasteiger partial charge >= 0.3 is 0 Å². The lowest BCUT2D eigenvalue weighted by Gasteiger charge is -2.22. The predicted octanol–water partition coefficient (Wildman–Crippen LogP) is 3.64. The predicted molar refractivity (Wildman–Crippen MR) is 88.7 cm³/mol. The summed E-state index contributed by atoms with van der Waals surface area (Å²) in [5.74, 6) is 0.659. The third kappa shape index (κ3) is 3.51. The lowest BCUT2D eigenvalue weighted by Crippen LogP contribution is -2.27. The van der Waals surface area contributed by atoms with Gasteiger partial charge in [0.15, 0.2) is 0 Å². The van der Waals surface area contributed by atoms with Crippen LogP contribution in [0.3, 0.4) is 0 Å². The number of ether oxygens (including phenoxy) is 1. The number of non-ortho nitro benzene ring substituents is 1. The number of nitro benzene ring substituents is 1. The number of rotatable bonds is 4. The molecule has 2 aromatic rings. The van der Waals surface area contributed by atoms with Crippen molar-refractivity contribution in [1.29, 1.82) is 0 Å². The number of fused-ring (bicyclic) bond motifs is 1. The molecule has 0 radical (unpaired) electrons. The Labute approximate surface area is 135 Å². The normalized spacial score (nSPS) is 20.4. The molecule has 3 rings (SSSR count). The van der Waals surface area contributed by atoms with E-state index in [4.69, 9.17) is 4.74 Å². The van der Waals surface area contributed by atoms with Crippen LogP contribution in [-0.4, -0.2) is 18.0 Å². The molecule has 23 heavy (non-hydrogen) atoms. The largest absolute Gasteiger partial charge is 0.486 e. The van der Waals surface area contributed by atoms with Crippen LogP contribution < -0.4 is 10.1 Å². The van der Waals surface area contributed by atoms with E-state index < -0.39 is 4.92 Å². The van der Waals surface area contributed by atoms with Gasteiger partial charge in [0.1, 0.15) is 11.9 Å². The highest BCUT2D eigenvalue weighted by atomic mass is 16.6. The van der Waals surface area contributed by atoms with E-state index in [-0.39, 0.29) is 11.8 Å². The van der Waals surface area contributed by atoms with Crippen molar-refractivity contribution in [3.05, 3.63) is 69.8 Å². The zero-order valence-corrected chi connectivity index (χ0v) is 13.1. The number of nitro groups is 1. The zero-order chi connectivity index (χ0) is 16.2. The Morgan fingerprint density at radius 2 is 1.91 bits per heavy atom. The third-order valence-electron chi connectivity index (χ3n) is 4.40. The smallest absolute Gasteiger partial charge is 0.269 e. The second kappa shape index (κ2) is 6.79. The number of hydrogen-bond donors (Lipinski definition) is 1. The minimum atomic E-state index is -0.401. The van der Waals surface area contributed by atoms with E-state index >= 15 is 0 Å². The van der Waals surface area contributed by atoms with Gasteiger partial charge in [-0.1, -0.05) is 24.3 Å². The maximum Gasteiger partial charge on any atom is 0.269 e. The van der Waals surface area contributed by atoms with Crippen LogP contribution in [0.2, 0.25) is 0 Å². The molecule has 5 heteroatoms. The summed E-state index contributed by atoms with van der Waals surface area (Å²) in [4.78, 5) is 10.3. The van der Waals surface area contributed by atoms with Crippen molar-refractivity contribution in [2.24, 2.45) is 0 Å². The molecule has 0 unspecified atom stereocenters. The molecular formula is C18H20N2O3.